The van der Waals surface area contributed by atoms with Crippen LogP contribution in [0.15, 0.2) is 134 Å². The summed E-state index contributed by atoms with van der Waals surface area (Å²) in [5.74, 6) is 1.32. The van der Waals surface area contributed by atoms with Gasteiger partial charge in [-0.25, -0.2) is 0 Å². The van der Waals surface area contributed by atoms with Crippen LogP contribution in [0, 0.1) is 31.9 Å². The zero-order chi connectivity index (χ0) is 33.0. The Morgan fingerprint density at radius 2 is 1.35 bits per heavy atom. The van der Waals surface area contributed by atoms with Crippen LogP contribution in [-0.2, 0) is 26.5 Å². The van der Waals surface area contributed by atoms with Crippen LogP contribution in [0.25, 0.3) is 66.4 Å². The van der Waals surface area contributed by atoms with E-state index in [1.807, 2.05) is 24.4 Å². The van der Waals surface area contributed by atoms with Gasteiger partial charge >= 0.3 is 0 Å². The fourth-order valence-corrected chi connectivity index (χ4v) is 6.40. The van der Waals surface area contributed by atoms with Crippen molar-refractivity contribution in [2.75, 3.05) is 0 Å². The molecule has 243 valence electrons. The van der Waals surface area contributed by atoms with Crippen molar-refractivity contribution >= 4 is 32.4 Å². The minimum absolute atomic E-state index is 0. The topological polar surface area (TPSA) is 38.7 Å². The second-order valence-electron chi connectivity index (χ2n) is 12.8. The molecule has 0 saturated heterocycles. The maximum atomic E-state index is 5.04. The van der Waals surface area contributed by atoms with Crippen LogP contribution >= 0.6 is 0 Å². The number of pyridine rings is 1. The first-order chi connectivity index (χ1) is 23.4. The van der Waals surface area contributed by atoms with Gasteiger partial charge in [0.1, 0.15) is 0 Å². The summed E-state index contributed by atoms with van der Waals surface area (Å²) in [6.07, 6.45) is 2.90. The van der Waals surface area contributed by atoms with Gasteiger partial charge in [0.25, 0.3) is 0 Å². The van der Waals surface area contributed by atoms with Crippen molar-refractivity contribution in [3.63, 3.8) is 0 Å². The van der Waals surface area contributed by atoms with Crippen LogP contribution in [0.3, 0.4) is 0 Å². The van der Waals surface area contributed by atoms with Gasteiger partial charge in [-0.05, 0) is 45.8 Å². The molecule has 0 unspecified atom stereocenters. The smallest absolute Gasteiger partial charge is 0.0763 e. The van der Waals surface area contributed by atoms with Crippen molar-refractivity contribution in [3.05, 3.63) is 162 Å². The number of nitrogens with zero attached hydrogens (tertiary/aromatic N) is 3. The molecule has 4 heteroatoms. The van der Waals surface area contributed by atoms with Crippen LogP contribution < -0.4 is 0 Å². The fourth-order valence-electron chi connectivity index (χ4n) is 6.40. The molecule has 3 nitrogen and oxygen atoms in total. The summed E-state index contributed by atoms with van der Waals surface area (Å²) in [7, 11) is 0. The van der Waals surface area contributed by atoms with E-state index in [4.69, 9.17) is 9.97 Å². The molecule has 2 aromatic heterocycles. The maximum absolute atomic E-state index is 5.04. The molecule has 8 aromatic rings. The number of aryl methyl sites for hydroxylation is 2. The minimum atomic E-state index is 0. The monoisotopic (exact) mass is 812 g/mol. The van der Waals surface area contributed by atoms with Crippen molar-refractivity contribution < 1.29 is 20.1 Å². The van der Waals surface area contributed by atoms with Crippen molar-refractivity contribution in [2.24, 2.45) is 5.92 Å². The average molecular weight is 812 g/mol. The van der Waals surface area contributed by atoms with Gasteiger partial charge in [-0.15, -0.1) is 70.3 Å². The number of hydrogen-bond donors (Lipinski definition) is 0. The summed E-state index contributed by atoms with van der Waals surface area (Å²) in [5, 5.41) is 5.80. The molecule has 0 aliphatic heterocycles. The van der Waals surface area contributed by atoms with Crippen LogP contribution in [-0.4, -0.2) is 15.0 Å². The summed E-state index contributed by atoms with van der Waals surface area (Å²) >= 11 is 0. The molecule has 1 radical (unpaired) electrons. The van der Waals surface area contributed by atoms with Crippen molar-refractivity contribution in [1.29, 1.82) is 0 Å². The first-order valence-electron chi connectivity index (χ1n) is 16.5. The summed E-state index contributed by atoms with van der Waals surface area (Å²) in [6, 6.07) is 50.8. The third kappa shape index (κ3) is 7.52. The Bertz CT molecular complexity index is 2360. The van der Waals surface area contributed by atoms with Crippen LogP contribution in [0.5, 0.6) is 0 Å². The molecule has 2 heterocycles. The van der Waals surface area contributed by atoms with Crippen LogP contribution in [0.1, 0.15) is 30.5 Å². The molecule has 0 aliphatic carbocycles. The quantitative estimate of drug-likeness (QED) is 0.128. The van der Waals surface area contributed by atoms with Crippen LogP contribution in [0.2, 0.25) is 0 Å². The normalized spacial score (nSPS) is 11.0. The number of hydrogen-bond acceptors (Lipinski definition) is 3. The van der Waals surface area contributed by atoms with Crippen LogP contribution in [0.4, 0.5) is 0 Å². The van der Waals surface area contributed by atoms with E-state index in [1.165, 1.54) is 27.3 Å². The first-order valence-corrected chi connectivity index (χ1v) is 16.5. The summed E-state index contributed by atoms with van der Waals surface area (Å²) in [6.45, 7) is 8.65. The molecule has 0 spiro atoms. The molecule has 0 bridgehead atoms. The van der Waals surface area contributed by atoms with Gasteiger partial charge < -0.3 is 4.98 Å². The molecule has 0 atom stereocenters. The van der Waals surface area contributed by atoms with Crippen molar-refractivity contribution in [3.8, 4) is 33.9 Å². The van der Waals surface area contributed by atoms with Crippen molar-refractivity contribution in [1.82, 2.24) is 15.0 Å². The van der Waals surface area contributed by atoms with E-state index in [9.17, 15) is 0 Å². The Morgan fingerprint density at radius 3 is 2.10 bits per heavy atom. The molecule has 0 fully saturated rings. The largest absolute Gasteiger partial charge is 0.304 e. The third-order valence-corrected chi connectivity index (χ3v) is 8.47. The Hall–Kier alpha value is -5.02. The molecular formula is C45H37IrN3-2. The Labute approximate surface area is 302 Å². The first kappa shape index (κ1) is 33.9. The van der Waals surface area contributed by atoms with E-state index in [2.05, 4.69) is 154 Å². The summed E-state index contributed by atoms with van der Waals surface area (Å²) in [4.78, 5) is 14.6. The van der Waals surface area contributed by atoms with E-state index >= 15 is 0 Å². The predicted molar refractivity (Wildman–Crippen MR) is 201 cm³/mol. The van der Waals surface area contributed by atoms with Gasteiger partial charge in [-0.1, -0.05) is 119 Å². The zero-order valence-corrected chi connectivity index (χ0v) is 30.6. The molecule has 8 rings (SSSR count). The molecule has 0 saturated carbocycles. The predicted octanol–water partition coefficient (Wildman–Crippen LogP) is 11.4. The third-order valence-electron chi connectivity index (χ3n) is 8.47. The molecule has 49 heavy (non-hydrogen) atoms. The SMILES string of the molecule is CC(C)Cc1cc[c-]c(-c2nc(-c3ccccc3)c3ccc4ccccc4c3n2)c1.Cc1[c-]c(-c2nccc3ccccc23)cc(C)c1.[Ir]. The number of fused-ring (bicyclic) bond motifs is 4. The van der Waals surface area contributed by atoms with Gasteiger partial charge in [0.15, 0.2) is 0 Å². The van der Waals surface area contributed by atoms with Gasteiger partial charge in [0.2, 0.25) is 0 Å². The van der Waals surface area contributed by atoms with Gasteiger partial charge in [0, 0.05) is 37.1 Å². The minimum Gasteiger partial charge on any atom is -0.304 e. The van der Waals surface area contributed by atoms with E-state index in [0.717, 1.165) is 62.2 Å². The Balaban J connectivity index is 0.000000188. The van der Waals surface area contributed by atoms with Gasteiger partial charge in [0.05, 0.1) is 17.0 Å². The zero-order valence-electron chi connectivity index (χ0n) is 28.2. The number of aromatic nitrogens is 3. The Morgan fingerprint density at radius 1 is 0.633 bits per heavy atom. The van der Waals surface area contributed by atoms with Crippen molar-refractivity contribution in [2.45, 2.75) is 34.1 Å². The second kappa shape index (κ2) is 15.0. The van der Waals surface area contributed by atoms with E-state index < -0.39 is 0 Å². The van der Waals surface area contributed by atoms with E-state index in [1.54, 1.807) is 0 Å². The van der Waals surface area contributed by atoms with Gasteiger partial charge in [-0.3, -0.25) is 9.97 Å². The molecule has 0 aliphatic rings. The maximum Gasteiger partial charge on any atom is 0.0763 e. The fraction of sp³-hybridized carbons (Fsp3) is 0.133. The van der Waals surface area contributed by atoms with E-state index in [0.29, 0.717) is 5.92 Å². The van der Waals surface area contributed by atoms with Gasteiger partial charge in [-0.2, -0.15) is 0 Å². The molecule has 6 aromatic carbocycles. The number of rotatable bonds is 5. The molecular weight excluding hydrogens is 775 g/mol. The van der Waals surface area contributed by atoms with E-state index in [-0.39, 0.29) is 20.1 Å². The average Bonchev–Trinajstić information content (AvgIpc) is 3.11. The summed E-state index contributed by atoms with van der Waals surface area (Å²) < 4.78 is 0. The molecule has 0 N–H and O–H groups in total. The Kier molecular flexibility index (Phi) is 10.4. The summed E-state index contributed by atoms with van der Waals surface area (Å²) in [5.41, 5.74) is 9.77. The second-order valence-corrected chi connectivity index (χ2v) is 12.8. The standard InChI is InChI=1S/C28H23N2.C17H14N.Ir/c1-19(2)17-20-9-8-13-23(18-20)28-29-26(22-11-4-3-5-12-22)25-16-15-21-10-6-7-14-24(21)27(25)30-28;1-12-9-13(2)11-15(10-12)17-16-6-4-3-5-14(16)7-8-18-17;/h3-12,14-16,18-19H,17H2,1-2H3;3-10H,1-2H3;/q2*-1;. The number of benzene rings is 6. The molecule has 0 amide bonds.